The molecular weight excluding hydrogens is 424 g/mol. The van der Waals surface area contributed by atoms with Crippen LogP contribution in [0.2, 0.25) is 0 Å². The van der Waals surface area contributed by atoms with Crippen LogP contribution in [-0.4, -0.2) is 47.9 Å². The van der Waals surface area contributed by atoms with Crippen LogP contribution < -0.4 is 15.0 Å². The summed E-state index contributed by atoms with van der Waals surface area (Å²) in [7, 11) is 0. The molecule has 1 unspecified atom stereocenters. The van der Waals surface area contributed by atoms with Crippen molar-refractivity contribution >= 4 is 40.5 Å². The Hall–Kier alpha value is -4.20. The van der Waals surface area contributed by atoms with Gasteiger partial charge in [-0.15, -0.1) is 0 Å². The van der Waals surface area contributed by atoms with Gasteiger partial charge in [0, 0.05) is 17.5 Å². The third-order valence-electron chi connectivity index (χ3n) is 5.53. The molecule has 0 spiro atoms. The highest BCUT2D eigenvalue weighted by atomic mass is 16.5. The number of aliphatic carboxylic acids is 1. The number of aldehydes is 1. The first-order valence-corrected chi connectivity index (χ1v) is 10.5. The lowest BCUT2D eigenvalue weighted by Crippen LogP contribution is -2.52. The Morgan fingerprint density at radius 1 is 1.06 bits per heavy atom. The highest BCUT2D eigenvalue weighted by Gasteiger charge is 2.39. The number of carbonyl (C=O) groups is 4. The monoisotopic (exact) mass is 446 g/mol. The first-order valence-electron chi connectivity index (χ1n) is 10.5. The van der Waals surface area contributed by atoms with Crippen LogP contribution in [0.3, 0.4) is 0 Å². The van der Waals surface area contributed by atoms with Gasteiger partial charge in [0.2, 0.25) is 5.91 Å². The predicted octanol–water partition coefficient (Wildman–Crippen LogP) is 2.33. The second-order valence-electron chi connectivity index (χ2n) is 7.73. The third kappa shape index (κ3) is 4.69. The molecule has 0 saturated heterocycles. The number of nitrogens with zero attached hydrogens (tertiary/aromatic N) is 1. The van der Waals surface area contributed by atoms with Gasteiger partial charge >= 0.3 is 5.97 Å². The molecule has 0 fully saturated rings. The van der Waals surface area contributed by atoms with E-state index in [-0.39, 0.29) is 13.0 Å². The van der Waals surface area contributed by atoms with E-state index in [9.17, 15) is 19.2 Å². The number of ether oxygens (including phenoxy) is 1. The maximum absolute atomic E-state index is 13.2. The van der Waals surface area contributed by atoms with E-state index >= 15 is 0 Å². The summed E-state index contributed by atoms with van der Waals surface area (Å²) in [5.41, 5.74) is 1.39. The zero-order valence-corrected chi connectivity index (χ0v) is 17.6. The number of amides is 2. The third-order valence-corrected chi connectivity index (χ3v) is 5.53. The number of carboxylic acids is 1. The number of hydrogen-bond donors (Lipinski definition) is 2. The largest absolute Gasteiger partial charge is 0.483 e. The van der Waals surface area contributed by atoms with Crippen molar-refractivity contribution in [1.82, 2.24) is 5.32 Å². The lowest BCUT2D eigenvalue weighted by Gasteiger charge is -2.26. The Morgan fingerprint density at radius 3 is 2.58 bits per heavy atom. The molecule has 168 valence electrons. The average molecular weight is 446 g/mol. The lowest BCUT2D eigenvalue weighted by atomic mass is 10.1. The van der Waals surface area contributed by atoms with Crippen LogP contribution in [0, 0.1) is 0 Å². The Labute approximate surface area is 189 Å². The van der Waals surface area contributed by atoms with Gasteiger partial charge in [-0.05, 0) is 23.1 Å². The van der Waals surface area contributed by atoms with Crippen molar-refractivity contribution in [3.05, 3.63) is 72.3 Å². The minimum absolute atomic E-state index is 0.251. The summed E-state index contributed by atoms with van der Waals surface area (Å²) in [5.74, 6) is -1.67. The van der Waals surface area contributed by atoms with Crippen molar-refractivity contribution in [2.24, 2.45) is 0 Å². The second-order valence-corrected chi connectivity index (χ2v) is 7.73. The minimum atomic E-state index is -1.21. The van der Waals surface area contributed by atoms with E-state index in [1.165, 1.54) is 4.90 Å². The quantitative estimate of drug-likeness (QED) is 0.514. The molecule has 1 heterocycles. The van der Waals surface area contributed by atoms with Crippen molar-refractivity contribution in [1.29, 1.82) is 0 Å². The number of hydrogen-bond acceptors (Lipinski definition) is 5. The van der Waals surface area contributed by atoms with Crippen LogP contribution in [-0.2, 0) is 25.6 Å². The highest BCUT2D eigenvalue weighted by Crippen LogP contribution is 2.33. The van der Waals surface area contributed by atoms with Gasteiger partial charge in [0.1, 0.15) is 18.1 Å². The van der Waals surface area contributed by atoms with Crippen LogP contribution in [0.4, 0.5) is 5.69 Å². The molecule has 8 heteroatoms. The number of carbonyl (C=O) groups excluding carboxylic acids is 3. The number of para-hydroxylation sites is 1. The second kappa shape index (κ2) is 9.52. The Morgan fingerprint density at radius 2 is 1.79 bits per heavy atom. The molecule has 1 aliphatic rings. The van der Waals surface area contributed by atoms with Crippen molar-refractivity contribution in [3.63, 3.8) is 0 Å². The Kier molecular flexibility index (Phi) is 6.35. The van der Waals surface area contributed by atoms with E-state index in [0.717, 1.165) is 16.3 Å². The molecule has 8 nitrogen and oxygen atoms in total. The zero-order valence-electron chi connectivity index (χ0n) is 17.6. The summed E-state index contributed by atoms with van der Waals surface area (Å²) in [6, 6.07) is 18.3. The fraction of sp³-hybridized carbons (Fsp3) is 0.200. The van der Waals surface area contributed by atoms with E-state index in [1.54, 1.807) is 18.2 Å². The van der Waals surface area contributed by atoms with Crippen LogP contribution in [0.5, 0.6) is 5.75 Å². The SMILES string of the molecule is O=C[C@H](CC(=O)O)NC(=O)C1Cc2ccccc2N1C(=O)COc1cccc2ccccc12. The fourth-order valence-corrected chi connectivity index (χ4v) is 4.03. The van der Waals surface area contributed by atoms with E-state index in [1.807, 2.05) is 48.5 Å². The molecule has 3 aromatic rings. The molecule has 2 N–H and O–H groups in total. The van der Waals surface area contributed by atoms with Gasteiger partial charge in [0.05, 0.1) is 12.5 Å². The van der Waals surface area contributed by atoms with Gasteiger partial charge in [-0.25, -0.2) is 0 Å². The molecule has 0 radical (unpaired) electrons. The molecule has 0 saturated carbocycles. The van der Waals surface area contributed by atoms with Crippen molar-refractivity contribution < 1.29 is 29.0 Å². The van der Waals surface area contributed by atoms with E-state index < -0.39 is 36.3 Å². The number of benzene rings is 3. The molecule has 1 aliphatic heterocycles. The molecule has 0 aliphatic carbocycles. The summed E-state index contributed by atoms with van der Waals surface area (Å²) in [4.78, 5) is 49.7. The van der Waals surface area contributed by atoms with Crippen LogP contribution in [0.1, 0.15) is 12.0 Å². The number of carboxylic acid groups (broad SMARTS) is 1. The van der Waals surface area contributed by atoms with Gasteiger partial charge in [-0.1, -0.05) is 54.6 Å². The number of anilines is 1. The smallest absolute Gasteiger partial charge is 0.305 e. The molecule has 2 atom stereocenters. The fourth-order valence-electron chi connectivity index (χ4n) is 4.03. The molecule has 3 aromatic carbocycles. The molecule has 0 aromatic heterocycles. The highest BCUT2D eigenvalue weighted by molar-refractivity contribution is 6.04. The first-order chi connectivity index (χ1) is 16.0. The topological polar surface area (TPSA) is 113 Å². The number of nitrogens with one attached hydrogen (secondary N) is 1. The van der Waals surface area contributed by atoms with Gasteiger partial charge in [-0.2, -0.15) is 0 Å². The number of fused-ring (bicyclic) bond motifs is 2. The van der Waals surface area contributed by atoms with Crippen LogP contribution in [0.15, 0.2) is 66.7 Å². The van der Waals surface area contributed by atoms with E-state index in [2.05, 4.69) is 5.32 Å². The summed E-state index contributed by atoms with van der Waals surface area (Å²) < 4.78 is 5.83. The standard InChI is InChI=1S/C25H22N2O6/c28-14-18(13-24(30)31)26-25(32)21-12-17-7-2-4-10-20(17)27(21)23(29)15-33-22-11-5-8-16-6-1-3-9-19(16)22/h1-11,14,18,21H,12-13,15H2,(H,26,32)(H,30,31)/t18-,21?/m0/s1. The van der Waals surface area contributed by atoms with Gasteiger partial charge in [-0.3, -0.25) is 19.3 Å². The van der Waals surface area contributed by atoms with E-state index in [4.69, 9.17) is 9.84 Å². The van der Waals surface area contributed by atoms with E-state index in [0.29, 0.717) is 17.7 Å². The minimum Gasteiger partial charge on any atom is -0.483 e. The summed E-state index contributed by atoms with van der Waals surface area (Å²) in [6.07, 6.45) is 0.0949. The summed E-state index contributed by atoms with van der Waals surface area (Å²) in [5, 5.41) is 13.2. The molecule has 33 heavy (non-hydrogen) atoms. The predicted molar refractivity (Wildman–Crippen MR) is 121 cm³/mol. The molecular formula is C25H22N2O6. The van der Waals surface area contributed by atoms with Gasteiger partial charge in [0.25, 0.3) is 5.91 Å². The Bertz CT molecular complexity index is 1220. The van der Waals surface area contributed by atoms with Crippen molar-refractivity contribution in [2.75, 3.05) is 11.5 Å². The average Bonchev–Trinajstić information content (AvgIpc) is 3.21. The maximum Gasteiger partial charge on any atom is 0.305 e. The molecule has 4 rings (SSSR count). The van der Waals surface area contributed by atoms with Gasteiger partial charge in [0.15, 0.2) is 6.61 Å². The summed E-state index contributed by atoms with van der Waals surface area (Å²) >= 11 is 0. The Balaban J connectivity index is 1.54. The zero-order chi connectivity index (χ0) is 23.4. The molecule has 2 amide bonds. The van der Waals surface area contributed by atoms with Crippen molar-refractivity contribution in [3.8, 4) is 5.75 Å². The molecule has 0 bridgehead atoms. The van der Waals surface area contributed by atoms with Crippen LogP contribution in [0.25, 0.3) is 10.8 Å². The first kappa shape index (κ1) is 22.0. The van der Waals surface area contributed by atoms with Crippen molar-refractivity contribution in [2.45, 2.75) is 24.9 Å². The van der Waals surface area contributed by atoms with Crippen LogP contribution >= 0.6 is 0 Å². The normalized spacial score (nSPS) is 15.5. The lowest BCUT2D eigenvalue weighted by molar-refractivity contribution is -0.139. The maximum atomic E-state index is 13.2. The van der Waals surface area contributed by atoms with Gasteiger partial charge < -0.3 is 20.0 Å². The summed E-state index contributed by atoms with van der Waals surface area (Å²) in [6.45, 7) is -0.293. The number of rotatable bonds is 8.